The molecule has 132 valence electrons. The van der Waals surface area contributed by atoms with Crippen LogP contribution in [-0.4, -0.2) is 8.80 Å². The van der Waals surface area contributed by atoms with Gasteiger partial charge in [0.15, 0.2) is 0 Å². The third-order valence-electron chi connectivity index (χ3n) is 5.30. The summed E-state index contributed by atoms with van der Waals surface area (Å²) >= 11 is 0. The SMILES string of the molecule is Cc1ccccc1-c1c(C)cccc1[SiH](c1ccccc1)c1ccccc1. The normalized spacial score (nSPS) is 10.9. The molecule has 0 aromatic heterocycles. The Morgan fingerprint density at radius 1 is 0.481 bits per heavy atom. The van der Waals surface area contributed by atoms with Crippen LogP contribution in [0.3, 0.4) is 0 Å². The van der Waals surface area contributed by atoms with Crippen LogP contribution in [0.5, 0.6) is 0 Å². The molecule has 0 saturated carbocycles. The van der Waals surface area contributed by atoms with Gasteiger partial charge < -0.3 is 0 Å². The van der Waals surface area contributed by atoms with E-state index >= 15 is 0 Å². The Morgan fingerprint density at radius 2 is 1.00 bits per heavy atom. The fraction of sp³-hybridized carbons (Fsp3) is 0.0769. The molecule has 4 rings (SSSR count). The number of aryl methyl sites for hydroxylation is 2. The lowest BCUT2D eigenvalue weighted by Gasteiger charge is -2.23. The Morgan fingerprint density at radius 3 is 1.59 bits per heavy atom. The van der Waals surface area contributed by atoms with Gasteiger partial charge in [-0.2, -0.15) is 0 Å². The summed E-state index contributed by atoms with van der Waals surface area (Å²) in [6, 6.07) is 37.7. The molecule has 27 heavy (non-hydrogen) atoms. The van der Waals surface area contributed by atoms with Gasteiger partial charge in [-0.05, 0) is 41.3 Å². The molecule has 0 aliphatic heterocycles. The molecule has 0 spiro atoms. The van der Waals surface area contributed by atoms with E-state index < -0.39 is 8.80 Å². The maximum absolute atomic E-state index is 2.35. The second kappa shape index (κ2) is 7.77. The molecule has 0 atom stereocenters. The van der Waals surface area contributed by atoms with Crippen molar-refractivity contribution in [3.05, 3.63) is 114 Å². The average Bonchev–Trinajstić information content (AvgIpc) is 2.71. The highest BCUT2D eigenvalue weighted by Gasteiger charge is 2.23. The largest absolute Gasteiger partial charge is 0.133 e. The molecule has 0 heterocycles. The Balaban J connectivity index is 2.00. The minimum absolute atomic E-state index is 1.34. The van der Waals surface area contributed by atoms with Crippen molar-refractivity contribution in [1.82, 2.24) is 0 Å². The van der Waals surface area contributed by atoms with Crippen molar-refractivity contribution in [1.29, 1.82) is 0 Å². The molecule has 0 radical (unpaired) electrons. The van der Waals surface area contributed by atoms with Gasteiger partial charge in [-0.3, -0.25) is 0 Å². The Labute approximate surface area is 163 Å². The molecular formula is C26H24Si. The smallest absolute Gasteiger partial charge is 0.0625 e. The highest BCUT2D eigenvalue weighted by Crippen LogP contribution is 2.25. The minimum Gasteiger partial charge on any atom is -0.0625 e. The first-order valence-corrected chi connectivity index (χ1v) is 11.2. The van der Waals surface area contributed by atoms with Gasteiger partial charge >= 0.3 is 0 Å². The molecule has 4 aromatic rings. The summed E-state index contributed by atoms with van der Waals surface area (Å²) in [4.78, 5) is 0. The predicted octanol–water partition coefficient (Wildman–Crippen LogP) is 4.22. The fourth-order valence-electron chi connectivity index (χ4n) is 3.99. The first kappa shape index (κ1) is 17.5. The molecule has 1 heteroatoms. The van der Waals surface area contributed by atoms with Crippen LogP contribution in [0.4, 0.5) is 0 Å². The molecule has 0 aliphatic rings. The van der Waals surface area contributed by atoms with Gasteiger partial charge in [-0.1, -0.05) is 114 Å². The molecule has 0 N–H and O–H groups in total. The van der Waals surface area contributed by atoms with Crippen LogP contribution < -0.4 is 15.6 Å². The first-order chi connectivity index (χ1) is 13.3. The predicted molar refractivity (Wildman–Crippen MR) is 120 cm³/mol. The van der Waals surface area contributed by atoms with Gasteiger partial charge in [0.25, 0.3) is 0 Å². The molecule has 0 aliphatic carbocycles. The lowest BCUT2D eigenvalue weighted by atomic mass is 9.97. The van der Waals surface area contributed by atoms with Gasteiger partial charge in [0.2, 0.25) is 0 Å². The second-order valence-electron chi connectivity index (χ2n) is 7.11. The topological polar surface area (TPSA) is 0 Å². The zero-order valence-corrected chi connectivity index (χ0v) is 17.0. The van der Waals surface area contributed by atoms with Crippen LogP contribution in [0.2, 0.25) is 0 Å². The Hall–Kier alpha value is -2.90. The zero-order chi connectivity index (χ0) is 18.6. The summed E-state index contributed by atoms with van der Waals surface area (Å²) in [6.07, 6.45) is 0. The van der Waals surface area contributed by atoms with E-state index in [1.54, 1.807) is 0 Å². The van der Waals surface area contributed by atoms with E-state index in [9.17, 15) is 0 Å². The monoisotopic (exact) mass is 364 g/mol. The van der Waals surface area contributed by atoms with Crippen LogP contribution in [0.15, 0.2) is 103 Å². The summed E-state index contributed by atoms with van der Waals surface area (Å²) in [5.41, 5.74) is 5.46. The van der Waals surface area contributed by atoms with Crippen LogP contribution in [-0.2, 0) is 0 Å². The fourth-order valence-corrected chi connectivity index (χ4v) is 7.29. The van der Waals surface area contributed by atoms with E-state index in [2.05, 4.69) is 117 Å². The van der Waals surface area contributed by atoms with Crippen LogP contribution in [0.25, 0.3) is 11.1 Å². The molecule has 4 aromatic carbocycles. The highest BCUT2D eigenvalue weighted by atomic mass is 28.3. The third-order valence-corrected chi connectivity index (χ3v) is 8.50. The van der Waals surface area contributed by atoms with Crippen LogP contribution in [0, 0.1) is 13.8 Å². The van der Waals surface area contributed by atoms with Gasteiger partial charge in [0, 0.05) is 0 Å². The molecule has 0 nitrogen and oxygen atoms in total. The summed E-state index contributed by atoms with van der Waals surface area (Å²) in [5.74, 6) is 0. The van der Waals surface area contributed by atoms with E-state index in [0.29, 0.717) is 0 Å². The van der Waals surface area contributed by atoms with Crippen LogP contribution >= 0.6 is 0 Å². The van der Waals surface area contributed by atoms with Crippen molar-refractivity contribution in [2.45, 2.75) is 13.8 Å². The molecule has 0 fully saturated rings. The van der Waals surface area contributed by atoms with Crippen molar-refractivity contribution >= 4 is 24.4 Å². The number of rotatable bonds is 4. The van der Waals surface area contributed by atoms with Crippen LogP contribution in [0.1, 0.15) is 11.1 Å². The van der Waals surface area contributed by atoms with Crippen molar-refractivity contribution in [3.8, 4) is 11.1 Å². The third kappa shape index (κ3) is 3.51. The van der Waals surface area contributed by atoms with E-state index in [0.717, 1.165) is 0 Å². The Kier molecular flexibility index (Phi) is 5.04. The standard InChI is InChI=1S/C26H24Si/c1-20-12-9-10-18-24(20)26-21(2)13-11-19-25(26)27(22-14-5-3-6-15-22)23-16-7-4-8-17-23/h3-19,27H,1-2H3. The quantitative estimate of drug-likeness (QED) is 0.376. The van der Waals surface area contributed by atoms with E-state index in [1.807, 2.05) is 0 Å². The van der Waals surface area contributed by atoms with E-state index in [4.69, 9.17) is 0 Å². The summed E-state index contributed by atoms with van der Waals surface area (Å²) in [7, 11) is -1.57. The van der Waals surface area contributed by atoms with Crippen molar-refractivity contribution in [2.24, 2.45) is 0 Å². The van der Waals surface area contributed by atoms with Crippen molar-refractivity contribution in [2.75, 3.05) is 0 Å². The molecule has 0 unspecified atom stereocenters. The number of hydrogen-bond acceptors (Lipinski definition) is 0. The van der Waals surface area contributed by atoms with E-state index in [-0.39, 0.29) is 0 Å². The van der Waals surface area contributed by atoms with Crippen molar-refractivity contribution < 1.29 is 0 Å². The second-order valence-corrected chi connectivity index (χ2v) is 9.93. The maximum atomic E-state index is 2.35. The number of hydrogen-bond donors (Lipinski definition) is 0. The summed E-state index contributed by atoms with van der Waals surface area (Å²) in [5, 5.41) is 4.43. The zero-order valence-electron chi connectivity index (χ0n) is 15.9. The summed E-state index contributed by atoms with van der Waals surface area (Å²) in [6.45, 7) is 4.46. The average molecular weight is 365 g/mol. The highest BCUT2D eigenvalue weighted by molar-refractivity contribution is 6.96. The van der Waals surface area contributed by atoms with Gasteiger partial charge in [0.1, 0.15) is 8.80 Å². The Bertz CT molecular complexity index is 997. The van der Waals surface area contributed by atoms with E-state index in [1.165, 1.54) is 37.8 Å². The lowest BCUT2D eigenvalue weighted by molar-refractivity contribution is 1.42. The van der Waals surface area contributed by atoms with Gasteiger partial charge in [0.05, 0.1) is 0 Å². The van der Waals surface area contributed by atoms with Crippen molar-refractivity contribution in [3.63, 3.8) is 0 Å². The molecule has 0 amide bonds. The summed E-state index contributed by atoms with van der Waals surface area (Å²) < 4.78 is 0. The number of benzene rings is 4. The molecule has 0 saturated heterocycles. The van der Waals surface area contributed by atoms with Gasteiger partial charge in [-0.25, -0.2) is 0 Å². The maximum Gasteiger partial charge on any atom is 0.133 e. The van der Waals surface area contributed by atoms with Gasteiger partial charge in [-0.15, -0.1) is 0 Å². The molecular weight excluding hydrogens is 340 g/mol. The molecule has 0 bridgehead atoms. The lowest BCUT2D eigenvalue weighted by Crippen LogP contribution is -2.52. The minimum atomic E-state index is -1.57. The first-order valence-electron chi connectivity index (χ1n) is 9.51.